The number of rotatable bonds is 5. The molecule has 142 valence electrons. The standard InChI is InChI=1S/C21H30N2O3/c1-20(2,3)23(15-16-9-7-6-8-10-16)19(24)14-18-13-17(11-12-22)25-21(4,5)26-18/h6-10,17-18H,11,13-15H2,1-5H3/t17-,18-/m1/s1. The molecule has 0 spiro atoms. The molecule has 2 atom stereocenters. The van der Waals surface area contributed by atoms with Gasteiger partial charge in [0.15, 0.2) is 5.79 Å². The van der Waals surface area contributed by atoms with Crippen LogP contribution in [0.25, 0.3) is 0 Å². The lowest BCUT2D eigenvalue weighted by Crippen LogP contribution is -2.49. The van der Waals surface area contributed by atoms with Crippen LogP contribution in [0.2, 0.25) is 0 Å². The first-order chi connectivity index (χ1) is 12.1. The molecule has 0 aliphatic carbocycles. The molecule has 1 aliphatic heterocycles. The van der Waals surface area contributed by atoms with E-state index < -0.39 is 5.79 Å². The molecule has 5 heteroatoms. The van der Waals surface area contributed by atoms with Crippen molar-refractivity contribution in [2.45, 2.75) is 84.0 Å². The van der Waals surface area contributed by atoms with Crippen LogP contribution in [0.15, 0.2) is 30.3 Å². The molecule has 0 bridgehead atoms. The summed E-state index contributed by atoms with van der Waals surface area (Å²) in [5, 5.41) is 8.97. The van der Waals surface area contributed by atoms with E-state index in [1.807, 2.05) is 69.9 Å². The van der Waals surface area contributed by atoms with E-state index >= 15 is 0 Å². The molecule has 1 saturated heterocycles. The molecule has 1 aromatic rings. The molecule has 0 saturated carbocycles. The van der Waals surface area contributed by atoms with Gasteiger partial charge in [0.05, 0.1) is 31.1 Å². The summed E-state index contributed by atoms with van der Waals surface area (Å²) in [6.45, 7) is 10.4. The normalized spacial score (nSPS) is 22.5. The zero-order valence-corrected chi connectivity index (χ0v) is 16.5. The van der Waals surface area contributed by atoms with Crippen molar-refractivity contribution < 1.29 is 14.3 Å². The van der Waals surface area contributed by atoms with Crippen molar-refractivity contribution >= 4 is 5.91 Å². The Morgan fingerprint density at radius 1 is 1.23 bits per heavy atom. The number of benzene rings is 1. The fraction of sp³-hybridized carbons (Fsp3) is 0.619. The summed E-state index contributed by atoms with van der Waals surface area (Å²) in [5.41, 5.74) is 0.811. The second-order valence-electron chi connectivity index (χ2n) is 8.32. The number of hydrogen-bond acceptors (Lipinski definition) is 4. The predicted molar refractivity (Wildman–Crippen MR) is 100 cm³/mol. The zero-order valence-electron chi connectivity index (χ0n) is 16.5. The summed E-state index contributed by atoms with van der Waals surface area (Å²) in [7, 11) is 0. The number of carbonyl (C=O) groups is 1. The molecule has 1 fully saturated rings. The van der Waals surface area contributed by atoms with Gasteiger partial charge in [-0.1, -0.05) is 30.3 Å². The second kappa shape index (κ2) is 8.20. The smallest absolute Gasteiger partial charge is 0.225 e. The maximum atomic E-state index is 13.1. The Morgan fingerprint density at radius 2 is 1.85 bits per heavy atom. The minimum Gasteiger partial charge on any atom is -0.347 e. The van der Waals surface area contributed by atoms with Gasteiger partial charge < -0.3 is 14.4 Å². The highest BCUT2D eigenvalue weighted by atomic mass is 16.7. The van der Waals surface area contributed by atoms with Crippen molar-refractivity contribution in [1.82, 2.24) is 4.90 Å². The molecule has 1 aliphatic rings. The first-order valence-electron chi connectivity index (χ1n) is 9.18. The fourth-order valence-electron chi connectivity index (χ4n) is 3.34. The number of carbonyl (C=O) groups excluding carboxylic acids is 1. The van der Waals surface area contributed by atoms with Crippen LogP contribution in [0, 0.1) is 11.3 Å². The van der Waals surface area contributed by atoms with E-state index in [9.17, 15) is 4.79 Å². The van der Waals surface area contributed by atoms with E-state index in [1.165, 1.54) is 0 Å². The van der Waals surface area contributed by atoms with Gasteiger partial charge in [-0.15, -0.1) is 0 Å². The van der Waals surface area contributed by atoms with Crippen molar-refractivity contribution in [2.75, 3.05) is 0 Å². The van der Waals surface area contributed by atoms with E-state index in [-0.39, 0.29) is 23.7 Å². The van der Waals surface area contributed by atoms with E-state index in [0.717, 1.165) is 5.56 Å². The molecule has 0 unspecified atom stereocenters. The van der Waals surface area contributed by atoms with E-state index in [1.54, 1.807) is 0 Å². The van der Waals surface area contributed by atoms with Crippen LogP contribution in [0.3, 0.4) is 0 Å². The Kier molecular flexibility index (Phi) is 6.44. The average molecular weight is 358 g/mol. The van der Waals surface area contributed by atoms with Crippen LogP contribution in [-0.4, -0.2) is 34.3 Å². The Balaban J connectivity index is 2.09. The summed E-state index contributed by atoms with van der Waals surface area (Å²) in [5.74, 6) is -0.726. The topological polar surface area (TPSA) is 62.6 Å². The summed E-state index contributed by atoms with van der Waals surface area (Å²) in [4.78, 5) is 15.0. The van der Waals surface area contributed by atoms with Gasteiger partial charge in [0.2, 0.25) is 5.91 Å². The van der Waals surface area contributed by atoms with E-state index in [0.29, 0.717) is 25.8 Å². The lowest BCUT2D eigenvalue weighted by molar-refractivity contribution is -0.298. The summed E-state index contributed by atoms with van der Waals surface area (Å²) >= 11 is 0. The molecular weight excluding hydrogens is 328 g/mol. The first kappa shape index (κ1) is 20.4. The molecule has 2 rings (SSSR count). The number of hydrogen-bond donors (Lipinski definition) is 0. The lowest BCUT2D eigenvalue weighted by atomic mass is 9.99. The Labute approximate surface area is 156 Å². The zero-order chi connectivity index (χ0) is 19.4. The molecular formula is C21H30N2O3. The van der Waals surface area contributed by atoms with Crippen molar-refractivity contribution in [2.24, 2.45) is 0 Å². The maximum Gasteiger partial charge on any atom is 0.225 e. The van der Waals surface area contributed by atoms with Gasteiger partial charge in [0.25, 0.3) is 0 Å². The minimum absolute atomic E-state index is 0.0553. The SMILES string of the molecule is CC1(C)O[C@H](CC#N)C[C@H](CC(=O)N(Cc2ccccc2)C(C)(C)C)O1. The minimum atomic E-state index is -0.781. The summed E-state index contributed by atoms with van der Waals surface area (Å²) < 4.78 is 11.7. The van der Waals surface area contributed by atoms with Crippen LogP contribution in [0.5, 0.6) is 0 Å². The van der Waals surface area contributed by atoms with E-state index in [2.05, 4.69) is 6.07 Å². The highest BCUT2D eigenvalue weighted by Gasteiger charge is 2.38. The number of nitrogens with zero attached hydrogens (tertiary/aromatic N) is 2. The van der Waals surface area contributed by atoms with E-state index in [4.69, 9.17) is 14.7 Å². The second-order valence-corrected chi connectivity index (χ2v) is 8.32. The Hall–Kier alpha value is -1.90. The summed E-state index contributed by atoms with van der Waals surface area (Å²) in [6, 6.07) is 12.2. The Bertz CT molecular complexity index is 643. The molecule has 0 N–H and O–H groups in total. The van der Waals surface area contributed by atoms with Crippen LogP contribution < -0.4 is 0 Å². The van der Waals surface area contributed by atoms with Crippen molar-refractivity contribution in [3.8, 4) is 6.07 Å². The van der Waals surface area contributed by atoms with Crippen molar-refractivity contribution in [3.05, 3.63) is 35.9 Å². The predicted octanol–water partition coefficient (Wildman–Crippen LogP) is 4.03. The highest BCUT2D eigenvalue weighted by molar-refractivity contribution is 5.77. The summed E-state index contributed by atoms with van der Waals surface area (Å²) in [6.07, 6.45) is 0.721. The molecule has 0 radical (unpaired) electrons. The molecule has 1 heterocycles. The third kappa shape index (κ3) is 5.82. The van der Waals surface area contributed by atoms with Gasteiger partial charge >= 0.3 is 0 Å². The fourth-order valence-corrected chi connectivity index (χ4v) is 3.34. The van der Waals surface area contributed by atoms with Crippen LogP contribution in [-0.2, 0) is 20.8 Å². The van der Waals surface area contributed by atoms with Crippen LogP contribution in [0.1, 0.15) is 59.4 Å². The third-order valence-corrected chi connectivity index (χ3v) is 4.44. The Morgan fingerprint density at radius 3 is 2.42 bits per heavy atom. The highest BCUT2D eigenvalue weighted by Crippen LogP contribution is 2.31. The third-order valence-electron chi connectivity index (χ3n) is 4.44. The maximum absolute atomic E-state index is 13.1. The van der Waals surface area contributed by atoms with Crippen LogP contribution in [0.4, 0.5) is 0 Å². The number of ether oxygens (including phenoxy) is 2. The van der Waals surface area contributed by atoms with Crippen LogP contribution >= 0.6 is 0 Å². The van der Waals surface area contributed by atoms with Gasteiger partial charge in [-0.25, -0.2) is 0 Å². The molecule has 1 aromatic carbocycles. The molecule has 5 nitrogen and oxygen atoms in total. The average Bonchev–Trinajstić information content (AvgIpc) is 2.51. The monoisotopic (exact) mass is 358 g/mol. The van der Waals surface area contributed by atoms with Gasteiger partial charge in [0, 0.05) is 18.5 Å². The number of amides is 1. The van der Waals surface area contributed by atoms with Gasteiger partial charge in [0.1, 0.15) is 0 Å². The molecule has 26 heavy (non-hydrogen) atoms. The quantitative estimate of drug-likeness (QED) is 0.797. The lowest BCUT2D eigenvalue weighted by Gasteiger charge is -2.42. The molecule has 1 amide bonds. The van der Waals surface area contributed by atoms with Gasteiger partial charge in [-0.2, -0.15) is 5.26 Å². The van der Waals surface area contributed by atoms with Gasteiger partial charge in [-0.05, 0) is 40.2 Å². The van der Waals surface area contributed by atoms with Gasteiger partial charge in [-0.3, -0.25) is 4.79 Å². The first-order valence-corrected chi connectivity index (χ1v) is 9.18. The molecule has 0 aromatic heterocycles. The largest absolute Gasteiger partial charge is 0.347 e. The van der Waals surface area contributed by atoms with Crippen molar-refractivity contribution in [1.29, 1.82) is 5.26 Å². The number of nitriles is 1. The van der Waals surface area contributed by atoms with Crippen molar-refractivity contribution in [3.63, 3.8) is 0 Å².